The lowest BCUT2D eigenvalue weighted by atomic mass is 10.1. The van der Waals surface area contributed by atoms with Crippen molar-refractivity contribution in [2.75, 3.05) is 0 Å². The maximum atomic E-state index is 12.0. The van der Waals surface area contributed by atoms with Gasteiger partial charge in [0.15, 0.2) is 0 Å². The Bertz CT molecular complexity index is 319. The minimum Gasteiger partial charge on any atom is -0.327 e. The molecule has 0 spiro atoms. The Kier molecular flexibility index (Phi) is 4.29. The predicted molar refractivity (Wildman–Crippen MR) is 56.0 cm³/mol. The third kappa shape index (κ3) is 4.61. The number of aryl methyl sites for hydroxylation is 1. The highest BCUT2D eigenvalue weighted by Gasteiger charge is 2.30. The quantitative estimate of drug-likeness (QED) is 0.866. The average Bonchev–Trinajstić information content (AvgIpc) is 2.16. The number of pyridine rings is 1. The van der Waals surface area contributed by atoms with Crippen LogP contribution >= 0.6 is 0 Å². The Morgan fingerprint density at radius 1 is 1.38 bits per heavy atom. The number of aromatic nitrogens is 1. The summed E-state index contributed by atoms with van der Waals surface area (Å²) in [5.74, 6) is 0. The van der Waals surface area contributed by atoms with Gasteiger partial charge >= 0.3 is 6.18 Å². The molecule has 0 fully saturated rings. The molecule has 1 atom stereocenters. The van der Waals surface area contributed by atoms with Crippen LogP contribution in [0, 0.1) is 0 Å². The van der Waals surface area contributed by atoms with Crippen molar-refractivity contribution in [1.29, 1.82) is 0 Å². The van der Waals surface area contributed by atoms with Gasteiger partial charge in [-0.05, 0) is 18.1 Å². The number of hydrogen-bond acceptors (Lipinski definition) is 2. The monoisotopic (exact) mass is 232 g/mol. The van der Waals surface area contributed by atoms with Gasteiger partial charge in [-0.15, -0.1) is 0 Å². The summed E-state index contributed by atoms with van der Waals surface area (Å²) in [6.45, 7) is 1.99. The second kappa shape index (κ2) is 5.30. The molecule has 1 aromatic heterocycles. The number of halogens is 3. The molecule has 1 aromatic rings. The third-order valence-corrected chi connectivity index (χ3v) is 2.26. The molecule has 0 aliphatic heterocycles. The van der Waals surface area contributed by atoms with E-state index in [0.29, 0.717) is 5.69 Å². The first-order valence-corrected chi connectivity index (χ1v) is 5.17. The van der Waals surface area contributed by atoms with Gasteiger partial charge < -0.3 is 5.73 Å². The van der Waals surface area contributed by atoms with Gasteiger partial charge in [0.25, 0.3) is 0 Å². The van der Waals surface area contributed by atoms with Gasteiger partial charge in [0.1, 0.15) is 0 Å². The van der Waals surface area contributed by atoms with Crippen LogP contribution in [-0.2, 0) is 12.8 Å². The number of nitrogens with two attached hydrogens (primary N) is 1. The Hall–Kier alpha value is -1.10. The third-order valence-electron chi connectivity index (χ3n) is 2.26. The summed E-state index contributed by atoms with van der Waals surface area (Å²) in [6.07, 6.45) is -2.48. The second-order valence-electron chi connectivity index (χ2n) is 3.79. The molecule has 0 bridgehead atoms. The van der Waals surface area contributed by atoms with Crippen LogP contribution in [-0.4, -0.2) is 17.2 Å². The van der Waals surface area contributed by atoms with Crippen molar-refractivity contribution in [1.82, 2.24) is 4.98 Å². The first-order chi connectivity index (χ1) is 7.40. The molecule has 0 aliphatic rings. The summed E-state index contributed by atoms with van der Waals surface area (Å²) in [4.78, 5) is 4.07. The van der Waals surface area contributed by atoms with Gasteiger partial charge in [0, 0.05) is 24.4 Å². The summed E-state index contributed by atoms with van der Waals surface area (Å²) < 4.78 is 36.1. The fourth-order valence-corrected chi connectivity index (χ4v) is 1.42. The summed E-state index contributed by atoms with van der Waals surface area (Å²) in [6, 6.07) is 2.68. The molecule has 0 saturated heterocycles. The van der Waals surface area contributed by atoms with Gasteiger partial charge in [0.05, 0.1) is 6.42 Å². The molecule has 90 valence electrons. The lowest BCUT2D eigenvalue weighted by Crippen LogP contribution is -2.29. The number of rotatable bonds is 4. The van der Waals surface area contributed by atoms with Crippen LogP contribution in [0.25, 0.3) is 0 Å². The topological polar surface area (TPSA) is 38.9 Å². The lowest BCUT2D eigenvalue weighted by Gasteiger charge is -2.13. The van der Waals surface area contributed by atoms with Crippen molar-refractivity contribution in [3.05, 3.63) is 29.6 Å². The Morgan fingerprint density at radius 3 is 2.50 bits per heavy atom. The van der Waals surface area contributed by atoms with Gasteiger partial charge in [-0.2, -0.15) is 13.2 Å². The van der Waals surface area contributed by atoms with E-state index in [9.17, 15) is 13.2 Å². The van der Waals surface area contributed by atoms with E-state index in [1.165, 1.54) is 0 Å². The molecule has 2 N–H and O–H groups in total. The number of nitrogens with zero attached hydrogens (tertiary/aromatic N) is 1. The Balaban J connectivity index is 2.53. The summed E-state index contributed by atoms with van der Waals surface area (Å²) in [7, 11) is 0. The molecule has 2 nitrogen and oxygen atoms in total. The van der Waals surface area contributed by atoms with Crippen molar-refractivity contribution >= 4 is 0 Å². The highest BCUT2D eigenvalue weighted by molar-refractivity contribution is 5.14. The van der Waals surface area contributed by atoms with Crippen molar-refractivity contribution in [3.8, 4) is 0 Å². The van der Waals surface area contributed by atoms with E-state index in [1.54, 1.807) is 12.3 Å². The molecule has 1 unspecified atom stereocenters. The van der Waals surface area contributed by atoms with Gasteiger partial charge in [-0.3, -0.25) is 4.98 Å². The van der Waals surface area contributed by atoms with Crippen molar-refractivity contribution in [2.24, 2.45) is 5.73 Å². The molecule has 0 amide bonds. The van der Waals surface area contributed by atoms with Crippen molar-refractivity contribution in [2.45, 2.75) is 38.4 Å². The highest BCUT2D eigenvalue weighted by Crippen LogP contribution is 2.21. The molecule has 0 radical (unpaired) electrons. The molecule has 1 rings (SSSR count). The zero-order valence-electron chi connectivity index (χ0n) is 9.09. The van der Waals surface area contributed by atoms with Crippen molar-refractivity contribution < 1.29 is 13.2 Å². The van der Waals surface area contributed by atoms with Crippen LogP contribution in [0.15, 0.2) is 18.3 Å². The van der Waals surface area contributed by atoms with Crippen LogP contribution in [0.4, 0.5) is 13.2 Å². The number of alkyl halides is 3. The van der Waals surface area contributed by atoms with Crippen LogP contribution in [0.5, 0.6) is 0 Å². The predicted octanol–water partition coefficient (Wildman–Crippen LogP) is 2.47. The molecule has 0 aliphatic carbocycles. The van der Waals surface area contributed by atoms with Crippen LogP contribution in [0.3, 0.4) is 0 Å². The SMILES string of the molecule is CCc1ccc(CC(N)CC(F)(F)F)nc1. The summed E-state index contributed by atoms with van der Waals surface area (Å²) in [5, 5.41) is 0. The highest BCUT2D eigenvalue weighted by atomic mass is 19.4. The van der Waals surface area contributed by atoms with Crippen molar-refractivity contribution in [3.63, 3.8) is 0 Å². The normalized spacial score (nSPS) is 13.8. The number of hydrogen-bond donors (Lipinski definition) is 1. The van der Waals surface area contributed by atoms with Crippen LogP contribution in [0.1, 0.15) is 24.6 Å². The Morgan fingerprint density at radius 2 is 2.06 bits per heavy atom. The minimum absolute atomic E-state index is 0.156. The van der Waals surface area contributed by atoms with E-state index >= 15 is 0 Å². The van der Waals surface area contributed by atoms with E-state index in [2.05, 4.69) is 4.98 Å². The molecular weight excluding hydrogens is 217 g/mol. The first-order valence-electron chi connectivity index (χ1n) is 5.17. The van der Waals surface area contributed by atoms with E-state index in [4.69, 9.17) is 5.73 Å². The molecule has 5 heteroatoms. The molecule has 16 heavy (non-hydrogen) atoms. The standard InChI is InChI=1S/C11H15F3N2/c1-2-8-3-4-10(16-7-8)5-9(15)6-11(12,13)14/h3-4,7,9H,2,5-6,15H2,1H3. The van der Waals surface area contributed by atoms with E-state index in [-0.39, 0.29) is 6.42 Å². The van der Waals surface area contributed by atoms with Gasteiger partial charge in [-0.1, -0.05) is 13.0 Å². The van der Waals surface area contributed by atoms with Gasteiger partial charge in [-0.25, -0.2) is 0 Å². The largest absolute Gasteiger partial charge is 0.390 e. The van der Waals surface area contributed by atoms with E-state index < -0.39 is 18.6 Å². The molecule has 1 heterocycles. The fraction of sp³-hybridized carbons (Fsp3) is 0.545. The van der Waals surface area contributed by atoms with Crippen LogP contribution in [0.2, 0.25) is 0 Å². The van der Waals surface area contributed by atoms with Gasteiger partial charge in [0.2, 0.25) is 0 Å². The first kappa shape index (κ1) is 13.0. The zero-order chi connectivity index (χ0) is 12.2. The molecule has 0 aromatic carbocycles. The summed E-state index contributed by atoms with van der Waals surface area (Å²) >= 11 is 0. The zero-order valence-corrected chi connectivity index (χ0v) is 9.09. The van der Waals surface area contributed by atoms with Crippen LogP contribution < -0.4 is 5.73 Å². The van der Waals surface area contributed by atoms with E-state index in [0.717, 1.165) is 12.0 Å². The second-order valence-corrected chi connectivity index (χ2v) is 3.79. The lowest BCUT2D eigenvalue weighted by molar-refractivity contribution is -0.138. The van der Waals surface area contributed by atoms with E-state index in [1.807, 2.05) is 13.0 Å². The minimum atomic E-state index is -4.21. The maximum absolute atomic E-state index is 12.0. The fourth-order valence-electron chi connectivity index (χ4n) is 1.42. The average molecular weight is 232 g/mol. The summed E-state index contributed by atoms with van der Waals surface area (Å²) in [5.41, 5.74) is 7.07. The molecular formula is C11H15F3N2. The maximum Gasteiger partial charge on any atom is 0.390 e. The molecule has 0 saturated carbocycles. The smallest absolute Gasteiger partial charge is 0.327 e. The Labute approximate surface area is 92.7 Å².